The summed E-state index contributed by atoms with van der Waals surface area (Å²) in [6.07, 6.45) is 4.53. The minimum absolute atomic E-state index is 0.124. The van der Waals surface area contributed by atoms with Gasteiger partial charge in [-0.15, -0.1) is 0 Å². The maximum atomic E-state index is 13.3. The molecule has 0 spiro atoms. The molecule has 2 heterocycles. The molecule has 1 aliphatic rings. The fraction of sp³-hybridized carbons (Fsp3) is 0.333. The van der Waals surface area contributed by atoms with Gasteiger partial charge in [0.1, 0.15) is 18.2 Å². The van der Waals surface area contributed by atoms with Crippen molar-refractivity contribution in [3.8, 4) is 11.4 Å². The molecule has 1 aliphatic heterocycles. The van der Waals surface area contributed by atoms with Gasteiger partial charge < -0.3 is 9.47 Å². The summed E-state index contributed by atoms with van der Waals surface area (Å²) in [5, 5.41) is 0. The molecule has 4 nitrogen and oxygen atoms in total. The largest absolute Gasteiger partial charge is 0.341 e. The van der Waals surface area contributed by atoms with E-state index in [9.17, 15) is 9.18 Å². The highest BCUT2D eigenvalue weighted by Crippen LogP contribution is 2.25. The van der Waals surface area contributed by atoms with Crippen LogP contribution in [0.3, 0.4) is 0 Å². The zero-order valence-electron chi connectivity index (χ0n) is 14.7. The summed E-state index contributed by atoms with van der Waals surface area (Å²) in [5.41, 5.74) is 2.58. The molecule has 3 aromatic rings. The Morgan fingerprint density at radius 1 is 0.962 bits per heavy atom. The number of imidazole rings is 1. The summed E-state index contributed by atoms with van der Waals surface area (Å²) in [6.45, 7) is 1.92. The second-order valence-electron chi connectivity index (χ2n) is 6.81. The van der Waals surface area contributed by atoms with Crippen LogP contribution in [0.5, 0.6) is 0 Å². The van der Waals surface area contributed by atoms with Crippen LogP contribution in [0, 0.1) is 5.82 Å². The highest BCUT2D eigenvalue weighted by molar-refractivity contribution is 5.84. The SMILES string of the molecule is O=C(Cn1c(-c2ccc(F)cc2)nc2ccccc21)N1CCCCCC1. The smallest absolute Gasteiger partial charge is 0.242 e. The molecule has 4 rings (SSSR count). The Labute approximate surface area is 152 Å². The van der Waals surface area contributed by atoms with E-state index in [0.717, 1.165) is 42.5 Å². The van der Waals surface area contributed by atoms with E-state index in [-0.39, 0.29) is 18.3 Å². The summed E-state index contributed by atoms with van der Waals surface area (Å²) in [7, 11) is 0. The quantitative estimate of drug-likeness (QED) is 0.708. The maximum absolute atomic E-state index is 13.3. The number of hydrogen-bond donors (Lipinski definition) is 0. The van der Waals surface area contributed by atoms with Crippen LogP contribution >= 0.6 is 0 Å². The Balaban J connectivity index is 1.71. The van der Waals surface area contributed by atoms with Crippen LogP contribution < -0.4 is 0 Å². The lowest BCUT2D eigenvalue weighted by Crippen LogP contribution is -2.34. The van der Waals surface area contributed by atoms with Crippen molar-refractivity contribution in [2.45, 2.75) is 32.2 Å². The Kier molecular flexibility index (Phi) is 4.69. The van der Waals surface area contributed by atoms with E-state index in [1.54, 1.807) is 12.1 Å². The topological polar surface area (TPSA) is 38.1 Å². The number of amides is 1. The first-order chi connectivity index (χ1) is 12.7. The van der Waals surface area contributed by atoms with Gasteiger partial charge in [-0.05, 0) is 49.2 Å². The van der Waals surface area contributed by atoms with Gasteiger partial charge in [-0.25, -0.2) is 9.37 Å². The number of likely N-dealkylation sites (tertiary alicyclic amines) is 1. The average molecular weight is 351 g/mol. The molecule has 0 aliphatic carbocycles. The Hall–Kier alpha value is -2.69. The predicted molar refractivity (Wildman–Crippen MR) is 100 cm³/mol. The van der Waals surface area contributed by atoms with E-state index in [1.807, 2.05) is 33.7 Å². The van der Waals surface area contributed by atoms with E-state index < -0.39 is 0 Å². The van der Waals surface area contributed by atoms with Crippen molar-refractivity contribution < 1.29 is 9.18 Å². The van der Waals surface area contributed by atoms with Crippen LogP contribution in [0.15, 0.2) is 48.5 Å². The van der Waals surface area contributed by atoms with E-state index in [4.69, 9.17) is 4.98 Å². The third-order valence-corrected chi connectivity index (χ3v) is 5.01. The number of aromatic nitrogens is 2. The fourth-order valence-corrected chi connectivity index (χ4v) is 3.61. The van der Waals surface area contributed by atoms with Gasteiger partial charge in [0.05, 0.1) is 11.0 Å². The van der Waals surface area contributed by atoms with E-state index in [0.29, 0.717) is 5.82 Å². The highest BCUT2D eigenvalue weighted by atomic mass is 19.1. The summed E-state index contributed by atoms with van der Waals surface area (Å²) in [6, 6.07) is 14.1. The van der Waals surface area contributed by atoms with Gasteiger partial charge in [-0.3, -0.25) is 4.79 Å². The molecule has 0 unspecified atom stereocenters. The lowest BCUT2D eigenvalue weighted by atomic mass is 10.2. The summed E-state index contributed by atoms with van der Waals surface area (Å²) < 4.78 is 15.3. The number of para-hydroxylation sites is 2. The summed E-state index contributed by atoms with van der Waals surface area (Å²) in [4.78, 5) is 19.6. The summed E-state index contributed by atoms with van der Waals surface area (Å²) in [5.74, 6) is 0.546. The minimum Gasteiger partial charge on any atom is -0.341 e. The van der Waals surface area contributed by atoms with Crippen molar-refractivity contribution in [1.82, 2.24) is 14.5 Å². The highest BCUT2D eigenvalue weighted by Gasteiger charge is 2.20. The second-order valence-corrected chi connectivity index (χ2v) is 6.81. The summed E-state index contributed by atoms with van der Waals surface area (Å²) >= 11 is 0. The monoisotopic (exact) mass is 351 g/mol. The van der Waals surface area contributed by atoms with Crippen LogP contribution in [0.1, 0.15) is 25.7 Å². The molecular weight excluding hydrogens is 329 g/mol. The first-order valence-corrected chi connectivity index (χ1v) is 9.21. The number of benzene rings is 2. The van der Waals surface area contributed by atoms with Crippen molar-refractivity contribution in [3.63, 3.8) is 0 Å². The van der Waals surface area contributed by atoms with Gasteiger partial charge in [0.25, 0.3) is 0 Å². The van der Waals surface area contributed by atoms with Crippen LogP contribution in [-0.4, -0.2) is 33.4 Å². The van der Waals surface area contributed by atoms with Crippen LogP contribution in [-0.2, 0) is 11.3 Å². The van der Waals surface area contributed by atoms with Crippen LogP contribution in [0.4, 0.5) is 4.39 Å². The lowest BCUT2D eigenvalue weighted by Gasteiger charge is -2.21. The molecule has 26 heavy (non-hydrogen) atoms. The molecule has 0 atom stereocenters. The molecule has 1 saturated heterocycles. The first kappa shape index (κ1) is 16.8. The fourth-order valence-electron chi connectivity index (χ4n) is 3.61. The molecule has 1 fully saturated rings. The van der Waals surface area contributed by atoms with E-state index in [1.165, 1.54) is 25.0 Å². The third kappa shape index (κ3) is 3.34. The Morgan fingerprint density at radius 2 is 1.65 bits per heavy atom. The van der Waals surface area contributed by atoms with Crippen molar-refractivity contribution in [1.29, 1.82) is 0 Å². The van der Waals surface area contributed by atoms with Gasteiger partial charge in [-0.1, -0.05) is 25.0 Å². The van der Waals surface area contributed by atoms with Gasteiger partial charge >= 0.3 is 0 Å². The number of carbonyl (C=O) groups is 1. The molecule has 134 valence electrons. The number of hydrogen-bond acceptors (Lipinski definition) is 2. The molecule has 0 saturated carbocycles. The lowest BCUT2D eigenvalue weighted by molar-refractivity contribution is -0.131. The number of halogens is 1. The van der Waals surface area contributed by atoms with E-state index >= 15 is 0 Å². The Bertz CT molecular complexity index is 909. The Morgan fingerprint density at radius 3 is 2.38 bits per heavy atom. The molecule has 0 bridgehead atoms. The first-order valence-electron chi connectivity index (χ1n) is 9.21. The van der Waals surface area contributed by atoms with Crippen LogP contribution in [0.2, 0.25) is 0 Å². The van der Waals surface area contributed by atoms with Crippen molar-refractivity contribution in [2.75, 3.05) is 13.1 Å². The molecule has 5 heteroatoms. The average Bonchev–Trinajstić information content (AvgIpc) is 2.84. The molecule has 2 aromatic carbocycles. The van der Waals surface area contributed by atoms with Crippen LogP contribution in [0.25, 0.3) is 22.4 Å². The second kappa shape index (κ2) is 7.28. The van der Waals surface area contributed by atoms with Gasteiger partial charge in [0, 0.05) is 18.7 Å². The van der Waals surface area contributed by atoms with Crippen molar-refractivity contribution in [2.24, 2.45) is 0 Å². The van der Waals surface area contributed by atoms with Gasteiger partial charge in [-0.2, -0.15) is 0 Å². The third-order valence-electron chi connectivity index (χ3n) is 5.01. The number of rotatable bonds is 3. The normalized spacial score (nSPS) is 15.2. The number of nitrogens with zero attached hydrogens (tertiary/aromatic N) is 3. The molecule has 1 aromatic heterocycles. The predicted octanol–water partition coefficient (Wildman–Crippen LogP) is 4.25. The maximum Gasteiger partial charge on any atom is 0.242 e. The standard InChI is InChI=1S/C21H22FN3O/c22-17-11-9-16(10-12-17)21-23-18-7-3-4-8-19(18)25(21)15-20(26)24-13-5-1-2-6-14-24/h3-4,7-12H,1-2,5-6,13-15H2. The molecule has 1 amide bonds. The zero-order chi connectivity index (χ0) is 17.9. The zero-order valence-corrected chi connectivity index (χ0v) is 14.7. The molecular formula is C21H22FN3O. The molecule has 0 radical (unpaired) electrons. The molecule has 0 N–H and O–H groups in total. The number of fused-ring (bicyclic) bond motifs is 1. The number of carbonyl (C=O) groups excluding carboxylic acids is 1. The van der Waals surface area contributed by atoms with Gasteiger partial charge in [0.2, 0.25) is 5.91 Å². The van der Waals surface area contributed by atoms with E-state index in [2.05, 4.69) is 0 Å². The van der Waals surface area contributed by atoms with Crippen molar-refractivity contribution in [3.05, 3.63) is 54.3 Å². The van der Waals surface area contributed by atoms with Gasteiger partial charge in [0.15, 0.2) is 0 Å². The minimum atomic E-state index is -0.281. The van der Waals surface area contributed by atoms with Crippen molar-refractivity contribution >= 4 is 16.9 Å².